The lowest BCUT2D eigenvalue weighted by atomic mass is 9.93. The smallest absolute Gasteiger partial charge is 0.322 e. The van der Waals surface area contributed by atoms with E-state index in [1.54, 1.807) is 19.1 Å². The average molecular weight is 495 g/mol. The standard InChI is InChI=1S/C25H26N4O5S/c1-25(15-14-18-8-4-3-5-9-18)23(31)29(24(32)26-25)27-22(30)17-28(2)35(33,34)21-13-12-19-10-6-7-11-20(19)16-21/h3-13,16H,14-15,17H2,1-2H3,(H,26,32)(H,27,30). The van der Waals surface area contributed by atoms with Crippen LogP contribution in [0.25, 0.3) is 10.8 Å². The number of nitrogens with zero attached hydrogens (tertiary/aromatic N) is 2. The number of carbonyl (C=O) groups is 3. The zero-order valence-electron chi connectivity index (χ0n) is 19.4. The van der Waals surface area contributed by atoms with E-state index >= 15 is 0 Å². The van der Waals surface area contributed by atoms with E-state index in [9.17, 15) is 22.8 Å². The Labute approximate surface area is 203 Å². The lowest BCUT2D eigenvalue weighted by Gasteiger charge is -2.22. The first-order valence-corrected chi connectivity index (χ1v) is 12.5. The first kappa shape index (κ1) is 24.4. The Balaban J connectivity index is 1.40. The van der Waals surface area contributed by atoms with Crippen LogP contribution >= 0.6 is 0 Å². The summed E-state index contributed by atoms with van der Waals surface area (Å²) >= 11 is 0. The highest BCUT2D eigenvalue weighted by Crippen LogP contribution is 2.23. The molecule has 10 heteroatoms. The molecule has 0 saturated carbocycles. The van der Waals surface area contributed by atoms with Crippen LogP contribution in [-0.2, 0) is 26.0 Å². The number of nitrogens with one attached hydrogen (secondary N) is 2. The molecule has 1 atom stereocenters. The SMILES string of the molecule is CN(CC(=O)NN1C(=O)NC(C)(CCc2ccccc2)C1=O)S(=O)(=O)c1ccc2ccccc2c1. The van der Waals surface area contributed by atoms with Gasteiger partial charge in [-0.25, -0.2) is 13.2 Å². The summed E-state index contributed by atoms with van der Waals surface area (Å²) in [5.74, 6) is -1.42. The Morgan fingerprint density at radius 1 is 1.00 bits per heavy atom. The van der Waals surface area contributed by atoms with Crippen molar-refractivity contribution in [3.63, 3.8) is 0 Å². The maximum Gasteiger partial charge on any atom is 0.344 e. The van der Waals surface area contributed by atoms with Gasteiger partial charge in [0, 0.05) is 7.05 Å². The minimum Gasteiger partial charge on any atom is -0.322 e. The summed E-state index contributed by atoms with van der Waals surface area (Å²) in [5.41, 5.74) is 2.06. The van der Waals surface area contributed by atoms with Crippen LogP contribution in [0.2, 0.25) is 0 Å². The van der Waals surface area contributed by atoms with Crippen LogP contribution in [0.15, 0.2) is 77.7 Å². The molecule has 0 radical (unpaired) electrons. The van der Waals surface area contributed by atoms with Crippen LogP contribution in [-0.4, -0.2) is 54.7 Å². The van der Waals surface area contributed by atoms with Crippen molar-refractivity contribution in [3.8, 4) is 0 Å². The molecule has 1 heterocycles. The topological polar surface area (TPSA) is 116 Å². The molecule has 9 nitrogen and oxygen atoms in total. The number of aryl methyl sites for hydroxylation is 1. The Morgan fingerprint density at radius 2 is 1.66 bits per heavy atom. The number of carbonyl (C=O) groups excluding carboxylic acids is 3. The van der Waals surface area contributed by atoms with E-state index in [0.29, 0.717) is 17.9 Å². The number of benzene rings is 3. The molecular formula is C25H26N4O5S. The number of imide groups is 1. The summed E-state index contributed by atoms with van der Waals surface area (Å²) in [6, 6.07) is 20.8. The van der Waals surface area contributed by atoms with Gasteiger partial charge in [-0.05, 0) is 48.2 Å². The van der Waals surface area contributed by atoms with Crippen LogP contribution in [0.1, 0.15) is 18.9 Å². The summed E-state index contributed by atoms with van der Waals surface area (Å²) in [7, 11) is -2.72. The van der Waals surface area contributed by atoms with Gasteiger partial charge in [-0.2, -0.15) is 9.31 Å². The largest absolute Gasteiger partial charge is 0.344 e. The number of amides is 4. The minimum absolute atomic E-state index is 0.0370. The van der Waals surface area contributed by atoms with Crippen molar-refractivity contribution in [3.05, 3.63) is 78.4 Å². The molecule has 0 aliphatic carbocycles. The summed E-state index contributed by atoms with van der Waals surface area (Å²) < 4.78 is 26.8. The molecule has 3 aromatic carbocycles. The molecule has 1 aliphatic heterocycles. The predicted octanol–water partition coefficient (Wildman–Crippen LogP) is 2.43. The number of hydrogen-bond acceptors (Lipinski definition) is 5. The molecular weight excluding hydrogens is 468 g/mol. The molecule has 4 amide bonds. The third kappa shape index (κ3) is 5.03. The lowest BCUT2D eigenvalue weighted by molar-refractivity contribution is -0.138. The summed E-state index contributed by atoms with van der Waals surface area (Å²) in [5, 5.41) is 4.88. The highest BCUT2D eigenvalue weighted by molar-refractivity contribution is 7.89. The van der Waals surface area contributed by atoms with Crippen LogP contribution < -0.4 is 10.7 Å². The van der Waals surface area contributed by atoms with Gasteiger partial charge in [0.1, 0.15) is 5.54 Å². The predicted molar refractivity (Wildman–Crippen MR) is 130 cm³/mol. The molecule has 1 unspecified atom stereocenters. The quantitative estimate of drug-likeness (QED) is 0.467. The van der Waals surface area contributed by atoms with Crippen LogP contribution in [0.4, 0.5) is 4.79 Å². The molecule has 2 N–H and O–H groups in total. The van der Waals surface area contributed by atoms with E-state index in [4.69, 9.17) is 0 Å². The van der Waals surface area contributed by atoms with Crippen LogP contribution in [0.5, 0.6) is 0 Å². The second-order valence-electron chi connectivity index (χ2n) is 8.69. The first-order valence-electron chi connectivity index (χ1n) is 11.1. The van der Waals surface area contributed by atoms with E-state index in [1.165, 1.54) is 19.2 Å². The Morgan fingerprint density at radius 3 is 2.37 bits per heavy atom. The molecule has 0 spiro atoms. The molecule has 35 heavy (non-hydrogen) atoms. The van der Waals surface area contributed by atoms with E-state index in [1.807, 2.05) is 48.5 Å². The van der Waals surface area contributed by atoms with Crippen molar-refractivity contribution >= 4 is 38.6 Å². The molecule has 0 bridgehead atoms. The van der Waals surface area contributed by atoms with Crippen molar-refractivity contribution in [1.82, 2.24) is 20.1 Å². The highest BCUT2D eigenvalue weighted by Gasteiger charge is 2.48. The summed E-state index contributed by atoms with van der Waals surface area (Å²) in [6.45, 7) is 1.02. The summed E-state index contributed by atoms with van der Waals surface area (Å²) in [6.07, 6.45) is 0.891. The third-order valence-corrected chi connectivity index (χ3v) is 7.85. The van der Waals surface area contributed by atoms with Gasteiger partial charge in [-0.15, -0.1) is 0 Å². The Hall–Kier alpha value is -3.76. The Bertz CT molecular complexity index is 1390. The van der Waals surface area contributed by atoms with Crippen molar-refractivity contribution in [2.24, 2.45) is 0 Å². The molecule has 4 rings (SSSR count). The number of likely N-dealkylation sites (N-methyl/N-ethyl adjacent to an activating group) is 1. The van der Waals surface area contributed by atoms with Gasteiger partial charge in [-0.1, -0.05) is 60.7 Å². The number of urea groups is 1. The van der Waals surface area contributed by atoms with Gasteiger partial charge < -0.3 is 5.32 Å². The fourth-order valence-corrected chi connectivity index (χ4v) is 5.11. The van der Waals surface area contributed by atoms with Crippen molar-refractivity contribution in [1.29, 1.82) is 0 Å². The Kier molecular flexibility index (Phi) is 6.60. The first-order chi connectivity index (χ1) is 16.6. The zero-order chi connectivity index (χ0) is 25.2. The maximum atomic E-state index is 13.0. The van der Waals surface area contributed by atoms with E-state index in [0.717, 1.165) is 20.6 Å². The molecule has 0 aromatic heterocycles. The van der Waals surface area contributed by atoms with Gasteiger partial charge >= 0.3 is 6.03 Å². The van der Waals surface area contributed by atoms with Gasteiger partial charge in [0.2, 0.25) is 10.0 Å². The molecule has 1 fully saturated rings. The summed E-state index contributed by atoms with van der Waals surface area (Å²) in [4.78, 5) is 38.0. The van der Waals surface area contributed by atoms with Gasteiger partial charge in [-0.3, -0.25) is 15.0 Å². The van der Waals surface area contributed by atoms with E-state index < -0.39 is 40.0 Å². The van der Waals surface area contributed by atoms with Crippen molar-refractivity contribution < 1.29 is 22.8 Å². The average Bonchev–Trinajstić information content (AvgIpc) is 3.06. The number of rotatable bonds is 8. The number of hydrogen-bond donors (Lipinski definition) is 2. The molecule has 182 valence electrons. The third-order valence-electron chi connectivity index (χ3n) is 6.05. The highest BCUT2D eigenvalue weighted by atomic mass is 32.2. The molecule has 1 aliphatic rings. The van der Waals surface area contributed by atoms with Crippen molar-refractivity contribution in [2.75, 3.05) is 13.6 Å². The zero-order valence-corrected chi connectivity index (χ0v) is 20.2. The maximum absolute atomic E-state index is 13.0. The number of sulfonamides is 1. The van der Waals surface area contributed by atoms with Gasteiger partial charge in [0.15, 0.2) is 0 Å². The fraction of sp³-hybridized carbons (Fsp3) is 0.240. The minimum atomic E-state index is -3.98. The van der Waals surface area contributed by atoms with Crippen LogP contribution in [0, 0.1) is 0 Å². The van der Waals surface area contributed by atoms with Crippen molar-refractivity contribution in [2.45, 2.75) is 30.2 Å². The van der Waals surface area contributed by atoms with Gasteiger partial charge in [0.05, 0.1) is 11.4 Å². The van der Waals surface area contributed by atoms with E-state index in [-0.39, 0.29) is 4.90 Å². The molecule has 1 saturated heterocycles. The monoisotopic (exact) mass is 494 g/mol. The van der Waals surface area contributed by atoms with Crippen LogP contribution in [0.3, 0.4) is 0 Å². The second kappa shape index (κ2) is 9.47. The fourth-order valence-electron chi connectivity index (χ4n) is 3.95. The number of fused-ring (bicyclic) bond motifs is 1. The second-order valence-corrected chi connectivity index (χ2v) is 10.7. The van der Waals surface area contributed by atoms with E-state index in [2.05, 4.69) is 10.7 Å². The normalized spacial score (nSPS) is 18.2. The lowest BCUT2D eigenvalue weighted by Crippen LogP contribution is -2.51. The van der Waals surface area contributed by atoms with Gasteiger partial charge in [0.25, 0.3) is 11.8 Å². The molecule has 3 aromatic rings. The number of hydrazine groups is 1.